The molecule has 0 unspecified atom stereocenters. The van der Waals surface area contributed by atoms with Crippen LogP contribution < -0.4 is 5.73 Å². The van der Waals surface area contributed by atoms with Gasteiger partial charge in [0.05, 0.1) is 31.6 Å². The van der Waals surface area contributed by atoms with E-state index >= 15 is 0 Å². The summed E-state index contributed by atoms with van der Waals surface area (Å²) in [6, 6.07) is 0. The predicted molar refractivity (Wildman–Crippen MR) is 66.1 cm³/mol. The molecule has 0 radical (unpaired) electrons. The molecule has 0 aromatic rings. The topological polar surface area (TPSA) is 75.9 Å². The van der Waals surface area contributed by atoms with Crippen LogP contribution in [0.2, 0.25) is 0 Å². The number of rotatable bonds is 3. The molecule has 0 spiro atoms. The van der Waals surface area contributed by atoms with Gasteiger partial charge in [0.15, 0.2) is 0 Å². The van der Waals surface area contributed by atoms with Crippen LogP contribution in [0.3, 0.4) is 0 Å². The van der Waals surface area contributed by atoms with Crippen LogP contribution in [0.4, 0.5) is 13.2 Å². The van der Waals surface area contributed by atoms with Gasteiger partial charge in [0, 0.05) is 26.2 Å². The fraction of sp³-hybridized carbons (Fsp3) is 0.833. The fourth-order valence-corrected chi connectivity index (χ4v) is 2.74. The molecular formula is C12H18F3N3O3. The summed E-state index contributed by atoms with van der Waals surface area (Å²) in [6.45, 7) is 1.12. The Morgan fingerprint density at radius 1 is 1.19 bits per heavy atom. The number of alkyl halides is 3. The number of ether oxygens (including phenoxy) is 1. The van der Waals surface area contributed by atoms with Gasteiger partial charge in [-0.15, -0.1) is 0 Å². The second-order valence-electron chi connectivity index (χ2n) is 5.34. The molecule has 2 amide bonds. The number of carbonyl (C=O) groups is 2. The number of amides is 2. The Labute approximate surface area is 120 Å². The quantitative estimate of drug-likeness (QED) is 0.758. The van der Waals surface area contributed by atoms with Crippen LogP contribution in [-0.2, 0) is 14.3 Å². The van der Waals surface area contributed by atoms with Gasteiger partial charge >= 0.3 is 6.18 Å². The van der Waals surface area contributed by atoms with E-state index in [4.69, 9.17) is 10.5 Å². The van der Waals surface area contributed by atoms with E-state index in [1.54, 1.807) is 4.90 Å². The highest BCUT2D eigenvalue weighted by atomic mass is 19.4. The van der Waals surface area contributed by atoms with Gasteiger partial charge in [0.2, 0.25) is 11.8 Å². The summed E-state index contributed by atoms with van der Waals surface area (Å²) >= 11 is 0. The Balaban J connectivity index is 1.95. The van der Waals surface area contributed by atoms with Crippen LogP contribution in [0.5, 0.6) is 0 Å². The third-order valence-corrected chi connectivity index (χ3v) is 3.90. The summed E-state index contributed by atoms with van der Waals surface area (Å²) in [5.74, 6) is -4.31. The first kappa shape index (κ1) is 16.0. The summed E-state index contributed by atoms with van der Waals surface area (Å²) in [6.07, 6.45) is -4.49. The fourth-order valence-electron chi connectivity index (χ4n) is 2.74. The van der Waals surface area contributed by atoms with E-state index in [1.807, 2.05) is 0 Å². The van der Waals surface area contributed by atoms with Gasteiger partial charge in [-0.25, -0.2) is 0 Å². The molecule has 0 saturated carbocycles. The lowest BCUT2D eigenvalue weighted by molar-refractivity contribution is -0.182. The van der Waals surface area contributed by atoms with E-state index in [0.29, 0.717) is 26.3 Å². The average Bonchev–Trinajstić information content (AvgIpc) is 2.84. The highest BCUT2D eigenvalue weighted by Crippen LogP contribution is 2.37. The van der Waals surface area contributed by atoms with E-state index < -0.39 is 23.9 Å². The minimum Gasteiger partial charge on any atom is -0.378 e. The first-order valence-corrected chi connectivity index (χ1v) is 6.73. The first-order chi connectivity index (χ1) is 9.79. The van der Waals surface area contributed by atoms with Gasteiger partial charge in [-0.05, 0) is 0 Å². The molecule has 9 heteroatoms. The predicted octanol–water partition coefficient (Wildman–Crippen LogP) is -0.559. The van der Waals surface area contributed by atoms with Gasteiger partial charge < -0.3 is 15.4 Å². The Bertz CT molecular complexity index is 410. The average molecular weight is 309 g/mol. The lowest BCUT2D eigenvalue weighted by atomic mass is 9.95. The molecule has 0 bridgehead atoms. The van der Waals surface area contributed by atoms with Crippen molar-refractivity contribution in [1.82, 2.24) is 9.80 Å². The normalized spacial score (nSPS) is 27.9. The molecule has 6 nitrogen and oxygen atoms in total. The Morgan fingerprint density at radius 3 is 2.29 bits per heavy atom. The van der Waals surface area contributed by atoms with Crippen LogP contribution in [0.15, 0.2) is 0 Å². The van der Waals surface area contributed by atoms with E-state index in [0.717, 1.165) is 0 Å². The molecule has 2 atom stereocenters. The van der Waals surface area contributed by atoms with Crippen molar-refractivity contribution >= 4 is 11.8 Å². The van der Waals surface area contributed by atoms with Gasteiger partial charge in [0.1, 0.15) is 0 Å². The highest BCUT2D eigenvalue weighted by Gasteiger charge is 2.52. The number of primary amides is 1. The summed E-state index contributed by atoms with van der Waals surface area (Å²) in [7, 11) is 0. The van der Waals surface area contributed by atoms with Crippen LogP contribution in [0.25, 0.3) is 0 Å². The number of hydrogen-bond acceptors (Lipinski definition) is 4. The zero-order chi connectivity index (χ0) is 15.6. The first-order valence-electron chi connectivity index (χ1n) is 6.73. The summed E-state index contributed by atoms with van der Waals surface area (Å²) in [5, 5.41) is 0. The molecule has 2 heterocycles. The number of likely N-dealkylation sites (tertiary alicyclic amines) is 1. The number of nitrogens with two attached hydrogens (primary N) is 1. The molecular weight excluding hydrogens is 291 g/mol. The van der Waals surface area contributed by atoms with E-state index in [-0.39, 0.29) is 25.5 Å². The maximum Gasteiger partial charge on any atom is 0.393 e. The van der Waals surface area contributed by atoms with Crippen molar-refractivity contribution in [3.05, 3.63) is 0 Å². The van der Waals surface area contributed by atoms with Gasteiger partial charge in [-0.3, -0.25) is 14.5 Å². The third kappa shape index (κ3) is 3.85. The summed E-state index contributed by atoms with van der Waals surface area (Å²) in [4.78, 5) is 26.1. The van der Waals surface area contributed by atoms with Crippen LogP contribution in [0, 0.1) is 11.8 Å². The molecule has 120 valence electrons. The molecule has 2 N–H and O–H groups in total. The molecule has 0 aromatic carbocycles. The zero-order valence-corrected chi connectivity index (χ0v) is 11.4. The lowest BCUT2D eigenvalue weighted by Crippen LogP contribution is -2.45. The van der Waals surface area contributed by atoms with E-state index in [1.165, 1.54) is 4.90 Å². The maximum atomic E-state index is 12.9. The van der Waals surface area contributed by atoms with Crippen molar-refractivity contribution in [3.63, 3.8) is 0 Å². The number of nitrogens with zero attached hydrogens (tertiary/aromatic N) is 2. The zero-order valence-electron chi connectivity index (χ0n) is 11.4. The SMILES string of the molecule is NC(=O)[C@@H]1CN(CC(=O)N2CCOCC2)C[C@H]1C(F)(F)F. The largest absolute Gasteiger partial charge is 0.393 e. The van der Waals surface area contributed by atoms with Crippen molar-refractivity contribution in [2.45, 2.75) is 6.18 Å². The number of carbonyl (C=O) groups excluding carboxylic acids is 2. The van der Waals surface area contributed by atoms with Crippen LogP contribution in [-0.4, -0.2) is 73.7 Å². The van der Waals surface area contributed by atoms with Crippen molar-refractivity contribution in [2.75, 3.05) is 45.9 Å². The Kier molecular flexibility index (Phi) is 4.72. The van der Waals surface area contributed by atoms with E-state index in [9.17, 15) is 22.8 Å². The lowest BCUT2D eigenvalue weighted by Gasteiger charge is -2.28. The molecule has 0 aromatic heterocycles. The van der Waals surface area contributed by atoms with Crippen molar-refractivity contribution < 1.29 is 27.5 Å². The number of halogens is 3. The van der Waals surface area contributed by atoms with Gasteiger partial charge in [-0.2, -0.15) is 13.2 Å². The molecule has 0 aliphatic carbocycles. The standard InChI is InChI=1S/C12H18F3N3O3/c13-12(14,15)9-6-17(5-8(9)11(16)20)7-10(19)18-1-3-21-4-2-18/h8-9H,1-7H2,(H2,16,20)/t8-,9-/m1/s1. The number of hydrogen-bond donors (Lipinski definition) is 1. The second kappa shape index (κ2) is 6.18. The number of morpholine rings is 1. The van der Waals surface area contributed by atoms with E-state index in [2.05, 4.69) is 0 Å². The molecule has 2 saturated heterocycles. The van der Waals surface area contributed by atoms with Gasteiger partial charge in [-0.1, -0.05) is 0 Å². The van der Waals surface area contributed by atoms with Crippen LogP contribution in [0.1, 0.15) is 0 Å². The molecule has 2 aliphatic rings. The molecule has 21 heavy (non-hydrogen) atoms. The van der Waals surface area contributed by atoms with Crippen molar-refractivity contribution in [1.29, 1.82) is 0 Å². The Morgan fingerprint density at radius 2 is 1.81 bits per heavy atom. The van der Waals surface area contributed by atoms with Crippen molar-refractivity contribution in [3.8, 4) is 0 Å². The minimum atomic E-state index is -4.49. The minimum absolute atomic E-state index is 0.129. The van der Waals surface area contributed by atoms with Crippen molar-refractivity contribution in [2.24, 2.45) is 17.6 Å². The maximum absolute atomic E-state index is 12.9. The molecule has 2 fully saturated rings. The highest BCUT2D eigenvalue weighted by molar-refractivity contribution is 5.80. The molecule has 2 rings (SSSR count). The smallest absolute Gasteiger partial charge is 0.378 e. The monoisotopic (exact) mass is 309 g/mol. The molecule has 2 aliphatic heterocycles. The second-order valence-corrected chi connectivity index (χ2v) is 5.34. The summed E-state index contributed by atoms with van der Waals surface area (Å²) in [5.41, 5.74) is 5.04. The Hall–Kier alpha value is -1.35. The third-order valence-electron chi connectivity index (χ3n) is 3.90. The van der Waals surface area contributed by atoms with Crippen LogP contribution >= 0.6 is 0 Å². The van der Waals surface area contributed by atoms with Gasteiger partial charge in [0.25, 0.3) is 0 Å². The summed E-state index contributed by atoms with van der Waals surface area (Å²) < 4.78 is 43.8.